The average molecular weight is 500 g/mol. The molecule has 28 heavy (non-hydrogen) atoms. The van der Waals surface area contributed by atoms with Crippen LogP contribution in [0, 0.1) is 0 Å². The molecule has 1 atom stereocenters. The van der Waals surface area contributed by atoms with Crippen LogP contribution in [0.1, 0.15) is 45.2 Å². The van der Waals surface area contributed by atoms with Crippen LogP contribution in [0.4, 0.5) is 0 Å². The van der Waals surface area contributed by atoms with Gasteiger partial charge in [0.2, 0.25) is 0 Å². The number of hydrogen-bond donors (Lipinski definition) is 2. The van der Waals surface area contributed by atoms with Crippen LogP contribution in [0.15, 0.2) is 47.0 Å². The molecule has 5 nitrogen and oxygen atoms in total. The predicted molar refractivity (Wildman–Crippen MR) is 130 cm³/mol. The minimum atomic E-state index is 0. The summed E-state index contributed by atoms with van der Waals surface area (Å²) in [4.78, 5) is 7.37. The third-order valence-corrected chi connectivity index (χ3v) is 5.00. The summed E-state index contributed by atoms with van der Waals surface area (Å²) >= 11 is 0. The third kappa shape index (κ3) is 8.49. The van der Waals surface area contributed by atoms with E-state index in [0.717, 1.165) is 64.7 Å². The highest BCUT2D eigenvalue weighted by molar-refractivity contribution is 14.0. The van der Waals surface area contributed by atoms with Gasteiger partial charge in [0, 0.05) is 13.1 Å². The van der Waals surface area contributed by atoms with Gasteiger partial charge in [-0.3, -0.25) is 9.89 Å². The molecule has 2 N–H and O–H groups in total. The van der Waals surface area contributed by atoms with Crippen LogP contribution in [0.5, 0.6) is 0 Å². The molecule has 0 amide bonds. The SMILES string of the molecule is CCNC(=NCC(c1ccccc1)N(CC)CC)NCCC1=CCOCC1.I. The molecule has 1 unspecified atom stereocenters. The predicted octanol–water partition coefficient (Wildman–Crippen LogP) is 3.98. The number of hydrogen-bond acceptors (Lipinski definition) is 3. The van der Waals surface area contributed by atoms with E-state index in [4.69, 9.17) is 9.73 Å². The van der Waals surface area contributed by atoms with Crippen molar-refractivity contribution in [3.8, 4) is 0 Å². The Bertz CT molecular complexity index is 587. The van der Waals surface area contributed by atoms with Crippen molar-refractivity contribution in [3.63, 3.8) is 0 Å². The Morgan fingerprint density at radius 1 is 1.14 bits per heavy atom. The number of halogens is 1. The zero-order valence-electron chi connectivity index (χ0n) is 17.6. The van der Waals surface area contributed by atoms with E-state index in [1.165, 1.54) is 11.1 Å². The molecule has 0 saturated carbocycles. The van der Waals surface area contributed by atoms with Gasteiger partial charge in [-0.1, -0.05) is 55.8 Å². The van der Waals surface area contributed by atoms with Gasteiger partial charge in [0.05, 0.1) is 25.8 Å². The molecule has 2 rings (SSSR count). The first-order valence-corrected chi connectivity index (χ1v) is 10.3. The standard InChI is InChI=1S/C22H36N4O.HI/c1-4-23-22(24-15-12-19-13-16-27-17-14-19)25-18-21(26(5-2)6-3)20-10-8-7-9-11-20;/h7-11,13,21H,4-6,12,14-18H2,1-3H3,(H2,23,24,25);1H. The first-order valence-electron chi connectivity index (χ1n) is 10.3. The first-order chi connectivity index (χ1) is 13.3. The van der Waals surface area contributed by atoms with Crippen LogP contribution in [0.3, 0.4) is 0 Å². The Kier molecular flexibility index (Phi) is 13.2. The maximum Gasteiger partial charge on any atom is 0.191 e. The lowest BCUT2D eigenvalue weighted by Gasteiger charge is -2.29. The lowest BCUT2D eigenvalue weighted by molar-refractivity contribution is 0.153. The summed E-state index contributed by atoms with van der Waals surface area (Å²) in [6.45, 7) is 12.7. The van der Waals surface area contributed by atoms with E-state index >= 15 is 0 Å². The highest BCUT2D eigenvalue weighted by atomic mass is 127. The van der Waals surface area contributed by atoms with Crippen molar-refractivity contribution < 1.29 is 4.74 Å². The number of rotatable bonds is 10. The summed E-state index contributed by atoms with van der Waals surface area (Å²) in [6, 6.07) is 11.0. The van der Waals surface area contributed by atoms with Crippen molar-refractivity contribution in [2.45, 2.75) is 39.7 Å². The first kappa shape index (κ1) is 24.9. The molecule has 1 aliphatic heterocycles. The fourth-order valence-corrected chi connectivity index (χ4v) is 3.42. The van der Waals surface area contributed by atoms with Gasteiger partial charge in [0.25, 0.3) is 0 Å². The van der Waals surface area contributed by atoms with Crippen molar-refractivity contribution in [2.24, 2.45) is 4.99 Å². The quantitative estimate of drug-likeness (QED) is 0.221. The number of ether oxygens (including phenoxy) is 1. The lowest BCUT2D eigenvalue weighted by atomic mass is 10.1. The van der Waals surface area contributed by atoms with E-state index < -0.39 is 0 Å². The number of nitrogens with one attached hydrogen (secondary N) is 2. The van der Waals surface area contributed by atoms with E-state index in [0.29, 0.717) is 6.04 Å². The maximum absolute atomic E-state index is 5.38. The number of benzene rings is 1. The zero-order valence-corrected chi connectivity index (χ0v) is 19.9. The Balaban J connectivity index is 0.00000392. The largest absolute Gasteiger partial charge is 0.377 e. The van der Waals surface area contributed by atoms with Gasteiger partial charge in [0.15, 0.2) is 5.96 Å². The maximum atomic E-state index is 5.38. The van der Waals surface area contributed by atoms with E-state index in [-0.39, 0.29) is 24.0 Å². The molecule has 0 aromatic heterocycles. The smallest absolute Gasteiger partial charge is 0.191 e. The second-order valence-corrected chi connectivity index (χ2v) is 6.73. The Morgan fingerprint density at radius 2 is 1.89 bits per heavy atom. The molecule has 1 heterocycles. The van der Waals surface area contributed by atoms with Crippen molar-refractivity contribution >= 4 is 29.9 Å². The van der Waals surface area contributed by atoms with Crippen LogP contribution in [-0.2, 0) is 4.74 Å². The molecule has 0 spiro atoms. The van der Waals surface area contributed by atoms with Crippen LogP contribution in [0.25, 0.3) is 0 Å². The molecule has 6 heteroatoms. The second-order valence-electron chi connectivity index (χ2n) is 6.73. The Labute approximate surface area is 188 Å². The number of likely N-dealkylation sites (N-methyl/N-ethyl adjacent to an activating group) is 1. The van der Waals surface area contributed by atoms with Gasteiger partial charge in [-0.25, -0.2) is 0 Å². The summed E-state index contributed by atoms with van der Waals surface area (Å²) < 4.78 is 5.38. The third-order valence-electron chi connectivity index (χ3n) is 5.00. The van der Waals surface area contributed by atoms with Gasteiger partial charge < -0.3 is 15.4 Å². The van der Waals surface area contributed by atoms with Gasteiger partial charge in [-0.15, -0.1) is 24.0 Å². The molecule has 0 fully saturated rings. The van der Waals surface area contributed by atoms with Crippen LogP contribution in [-0.4, -0.2) is 56.8 Å². The second kappa shape index (κ2) is 14.8. The van der Waals surface area contributed by atoms with Crippen molar-refractivity contribution in [2.75, 3.05) is 45.9 Å². The van der Waals surface area contributed by atoms with E-state index in [1.807, 2.05) is 0 Å². The van der Waals surface area contributed by atoms with Crippen molar-refractivity contribution in [1.82, 2.24) is 15.5 Å². The number of guanidine groups is 1. The Morgan fingerprint density at radius 3 is 2.50 bits per heavy atom. The van der Waals surface area contributed by atoms with Gasteiger partial charge in [-0.05, 0) is 38.4 Å². The topological polar surface area (TPSA) is 48.9 Å². The van der Waals surface area contributed by atoms with Gasteiger partial charge in [-0.2, -0.15) is 0 Å². The molecule has 1 aromatic carbocycles. The molecule has 0 aliphatic carbocycles. The van der Waals surface area contributed by atoms with E-state index in [1.54, 1.807) is 0 Å². The molecular formula is C22H37IN4O. The lowest BCUT2D eigenvalue weighted by Crippen LogP contribution is -2.39. The van der Waals surface area contributed by atoms with Crippen molar-refractivity contribution in [1.29, 1.82) is 0 Å². The monoisotopic (exact) mass is 500 g/mol. The van der Waals surface area contributed by atoms with E-state index in [9.17, 15) is 0 Å². The highest BCUT2D eigenvalue weighted by Crippen LogP contribution is 2.20. The van der Waals surface area contributed by atoms with Crippen LogP contribution < -0.4 is 10.6 Å². The molecule has 0 bridgehead atoms. The fourth-order valence-electron chi connectivity index (χ4n) is 3.42. The van der Waals surface area contributed by atoms with Gasteiger partial charge in [0.1, 0.15) is 0 Å². The molecule has 1 aromatic rings. The zero-order chi connectivity index (χ0) is 19.3. The highest BCUT2D eigenvalue weighted by Gasteiger charge is 2.17. The minimum Gasteiger partial charge on any atom is -0.377 e. The van der Waals surface area contributed by atoms with Gasteiger partial charge >= 0.3 is 0 Å². The van der Waals surface area contributed by atoms with E-state index in [2.05, 4.69) is 72.7 Å². The fraction of sp³-hybridized carbons (Fsp3) is 0.591. The normalized spacial score (nSPS) is 15.6. The molecule has 0 saturated heterocycles. The number of aliphatic imine (C=N–C) groups is 1. The average Bonchev–Trinajstić information content (AvgIpc) is 2.72. The Hall–Kier alpha value is -1.12. The van der Waals surface area contributed by atoms with Crippen LogP contribution in [0.2, 0.25) is 0 Å². The summed E-state index contributed by atoms with van der Waals surface area (Å²) in [5.41, 5.74) is 2.81. The summed E-state index contributed by atoms with van der Waals surface area (Å²) in [5.74, 6) is 0.901. The molecular weight excluding hydrogens is 463 g/mol. The summed E-state index contributed by atoms with van der Waals surface area (Å²) in [5, 5.41) is 6.87. The summed E-state index contributed by atoms with van der Waals surface area (Å²) in [6.07, 6.45) is 4.31. The molecule has 1 aliphatic rings. The molecule has 0 radical (unpaired) electrons. The molecule has 158 valence electrons. The minimum absolute atomic E-state index is 0. The summed E-state index contributed by atoms with van der Waals surface area (Å²) in [7, 11) is 0. The number of nitrogens with zero attached hydrogens (tertiary/aromatic N) is 2. The van der Waals surface area contributed by atoms with Crippen molar-refractivity contribution in [3.05, 3.63) is 47.5 Å². The van der Waals surface area contributed by atoms with Crippen LogP contribution >= 0.6 is 24.0 Å².